The van der Waals surface area contributed by atoms with Crippen LogP contribution in [-0.4, -0.2) is 35.1 Å². The van der Waals surface area contributed by atoms with Crippen LogP contribution in [0.3, 0.4) is 0 Å². The molecule has 2 rings (SSSR count). The van der Waals surface area contributed by atoms with E-state index in [1.807, 2.05) is 13.8 Å². The van der Waals surface area contributed by atoms with Gasteiger partial charge in [-0.05, 0) is 52.0 Å². The Morgan fingerprint density at radius 3 is 2.47 bits per heavy atom. The van der Waals surface area contributed by atoms with Crippen molar-refractivity contribution in [2.45, 2.75) is 58.4 Å². The summed E-state index contributed by atoms with van der Waals surface area (Å²) in [7, 11) is 0. The van der Waals surface area contributed by atoms with Crippen molar-refractivity contribution in [1.29, 1.82) is 0 Å². The van der Waals surface area contributed by atoms with Gasteiger partial charge < -0.3 is 5.11 Å². The number of rotatable bonds is 4. The van der Waals surface area contributed by atoms with Crippen LogP contribution in [0.1, 0.15) is 52.4 Å². The molecule has 1 N–H and O–H groups in total. The van der Waals surface area contributed by atoms with Crippen molar-refractivity contribution in [3.8, 4) is 0 Å². The topological polar surface area (TPSA) is 40.5 Å². The smallest absolute Gasteiger partial charge is 0.310 e. The van der Waals surface area contributed by atoms with Crippen molar-refractivity contribution >= 4 is 5.97 Å². The van der Waals surface area contributed by atoms with Gasteiger partial charge in [0.2, 0.25) is 0 Å². The van der Waals surface area contributed by atoms with Gasteiger partial charge in [-0.25, -0.2) is 0 Å². The fourth-order valence-corrected chi connectivity index (χ4v) is 3.50. The molecular formula is C14H25NO2. The Balaban J connectivity index is 1.97. The van der Waals surface area contributed by atoms with Gasteiger partial charge in [-0.15, -0.1) is 0 Å². The predicted octanol–water partition coefficient (Wildman–Crippen LogP) is 2.75. The Kier molecular flexibility index (Phi) is 3.76. The molecule has 1 saturated carbocycles. The first-order chi connectivity index (χ1) is 8.00. The predicted molar refractivity (Wildman–Crippen MR) is 68.0 cm³/mol. The van der Waals surface area contributed by atoms with E-state index in [0.29, 0.717) is 12.6 Å². The molecule has 1 unspecified atom stereocenters. The molecule has 0 bridgehead atoms. The fraction of sp³-hybridized carbons (Fsp3) is 0.929. The van der Waals surface area contributed by atoms with E-state index in [0.717, 1.165) is 12.5 Å². The van der Waals surface area contributed by atoms with Gasteiger partial charge in [0.05, 0.1) is 5.41 Å². The molecule has 0 aromatic carbocycles. The summed E-state index contributed by atoms with van der Waals surface area (Å²) in [5.74, 6) is 0.164. The van der Waals surface area contributed by atoms with Crippen LogP contribution >= 0.6 is 0 Å². The lowest BCUT2D eigenvalue weighted by Gasteiger charge is -2.34. The van der Waals surface area contributed by atoms with Gasteiger partial charge in [0.25, 0.3) is 0 Å². The number of aliphatic carboxylic acids is 1. The molecule has 3 nitrogen and oxygen atoms in total. The molecule has 1 heterocycles. The van der Waals surface area contributed by atoms with E-state index in [1.54, 1.807) is 0 Å². The summed E-state index contributed by atoms with van der Waals surface area (Å²) in [5, 5.41) is 9.23. The third-order valence-corrected chi connectivity index (χ3v) is 4.54. The second kappa shape index (κ2) is 4.97. The minimum Gasteiger partial charge on any atom is -0.481 e. The summed E-state index contributed by atoms with van der Waals surface area (Å²) < 4.78 is 0. The van der Waals surface area contributed by atoms with Crippen LogP contribution in [0.5, 0.6) is 0 Å². The number of carboxylic acid groups (broad SMARTS) is 1. The van der Waals surface area contributed by atoms with E-state index in [2.05, 4.69) is 4.90 Å². The largest absolute Gasteiger partial charge is 0.481 e. The molecule has 0 radical (unpaired) electrons. The molecule has 3 heteroatoms. The van der Waals surface area contributed by atoms with E-state index >= 15 is 0 Å². The van der Waals surface area contributed by atoms with Crippen molar-refractivity contribution in [3.05, 3.63) is 0 Å². The average Bonchev–Trinajstić information content (AvgIpc) is 2.85. The minimum atomic E-state index is -0.672. The highest BCUT2D eigenvalue weighted by atomic mass is 16.4. The first-order valence-electron chi connectivity index (χ1n) is 6.98. The molecule has 2 fully saturated rings. The van der Waals surface area contributed by atoms with Gasteiger partial charge >= 0.3 is 5.97 Å². The van der Waals surface area contributed by atoms with Gasteiger partial charge in [-0.1, -0.05) is 12.8 Å². The van der Waals surface area contributed by atoms with Crippen molar-refractivity contribution < 1.29 is 9.90 Å². The number of hydrogen-bond acceptors (Lipinski definition) is 2. The number of nitrogens with zero attached hydrogens (tertiary/aromatic N) is 1. The van der Waals surface area contributed by atoms with E-state index < -0.39 is 11.4 Å². The standard InChI is InChI=1S/C14H25NO2/c1-14(2,13(16)17)10-15-9-5-8-12(15)11-6-3-4-7-11/h11-12H,3-10H2,1-2H3,(H,16,17). The Bertz CT molecular complexity index is 282. The lowest BCUT2D eigenvalue weighted by atomic mass is 9.90. The van der Waals surface area contributed by atoms with Crippen molar-refractivity contribution in [2.24, 2.45) is 11.3 Å². The maximum atomic E-state index is 11.2. The zero-order valence-electron chi connectivity index (χ0n) is 11.1. The second-order valence-corrected chi connectivity index (χ2v) is 6.41. The molecule has 17 heavy (non-hydrogen) atoms. The Morgan fingerprint density at radius 1 is 1.24 bits per heavy atom. The minimum absolute atomic E-state index is 0.610. The van der Waals surface area contributed by atoms with E-state index in [1.165, 1.54) is 38.5 Å². The summed E-state index contributed by atoms with van der Waals surface area (Å²) in [6.07, 6.45) is 7.98. The van der Waals surface area contributed by atoms with E-state index in [-0.39, 0.29) is 0 Å². The number of carboxylic acids is 1. The normalized spacial score (nSPS) is 27.8. The van der Waals surface area contributed by atoms with Crippen LogP contribution < -0.4 is 0 Å². The third-order valence-electron chi connectivity index (χ3n) is 4.54. The zero-order chi connectivity index (χ0) is 12.5. The molecule has 1 atom stereocenters. The lowest BCUT2D eigenvalue weighted by Crippen LogP contribution is -2.43. The molecule has 0 aromatic heterocycles. The highest BCUT2D eigenvalue weighted by Gasteiger charge is 2.38. The quantitative estimate of drug-likeness (QED) is 0.820. The number of carbonyl (C=O) groups is 1. The first-order valence-corrected chi connectivity index (χ1v) is 6.98. The number of hydrogen-bond donors (Lipinski definition) is 1. The highest BCUT2D eigenvalue weighted by Crippen LogP contribution is 2.36. The molecule has 98 valence electrons. The van der Waals surface area contributed by atoms with Crippen LogP contribution in [-0.2, 0) is 4.79 Å². The number of likely N-dealkylation sites (tertiary alicyclic amines) is 1. The highest BCUT2D eigenvalue weighted by molar-refractivity contribution is 5.73. The van der Waals surface area contributed by atoms with Gasteiger partial charge in [0, 0.05) is 12.6 Å². The van der Waals surface area contributed by atoms with Crippen molar-refractivity contribution in [2.75, 3.05) is 13.1 Å². The van der Waals surface area contributed by atoms with Crippen LogP contribution in [0.25, 0.3) is 0 Å². The van der Waals surface area contributed by atoms with Crippen LogP contribution in [0.15, 0.2) is 0 Å². The zero-order valence-corrected chi connectivity index (χ0v) is 11.1. The van der Waals surface area contributed by atoms with Gasteiger partial charge in [0.15, 0.2) is 0 Å². The summed E-state index contributed by atoms with van der Waals surface area (Å²) in [6.45, 7) is 5.50. The van der Waals surface area contributed by atoms with Crippen LogP contribution in [0.4, 0.5) is 0 Å². The Hall–Kier alpha value is -0.570. The molecule has 0 amide bonds. The van der Waals surface area contributed by atoms with Gasteiger partial charge in [-0.2, -0.15) is 0 Å². The summed E-state index contributed by atoms with van der Waals surface area (Å²) >= 11 is 0. The van der Waals surface area contributed by atoms with Crippen LogP contribution in [0.2, 0.25) is 0 Å². The SMILES string of the molecule is CC(C)(CN1CCCC1C1CCCC1)C(=O)O. The molecule has 0 spiro atoms. The molecule has 1 aliphatic heterocycles. The monoisotopic (exact) mass is 239 g/mol. The maximum Gasteiger partial charge on any atom is 0.310 e. The van der Waals surface area contributed by atoms with Gasteiger partial charge in [-0.3, -0.25) is 9.69 Å². The van der Waals surface area contributed by atoms with Crippen LogP contribution in [0, 0.1) is 11.3 Å². The maximum absolute atomic E-state index is 11.2. The fourth-order valence-electron chi connectivity index (χ4n) is 3.50. The molecule has 1 aliphatic carbocycles. The molecule has 1 saturated heterocycles. The summed E-state index contributed by atoms with van der Waals surface area (Å²) in [5.41, 5.74) is -0.610. The Labute approximate surface area is 104 Å². The molecule has 2 aliphatic rings. The Morgan fingerprint density at radius 2 is 1.88 bits per heavy atom. The van der Waals surface area contributed by atoms with Crippen molar-refractivity contribution in [3.63, 3.8) is 0 Å². The summed E-state index contributed by atoms with van der Waals surface area (Å²) in [4.78, 5) is 13.7. The van der Waals surface area contributed by atoms with E-state index in [4.69, 9.17) is 0 Å². The van der Waals surface area contributed by atoms with Gasteiger partial charge in [0.1, 0.15) is 0 Å². The molecular weight excluding hydrogens is 214 g/mol. The first kappa shape index (κ1) is 12.9. The summed E-state index contributed by atoms with van der Waals surface area (Å²) in [6, 6.07) is 0.663. The average molecular weight is 239 g/mol. The third kappa shape index (κ3) is 2.82. The van der Waals surface area contributed by atoms with Crippen molar-refractivity contribution in [1.82, 2.24) is 4.90 Å². The molecule has 0 aromatic rings. The lowest BCUT2D eigenvalue weighted by molar-refractivity contribution is -0.148. The second-order valence-electron chi connectivity index (χ2n) is 6.41. The van der Waals surface area contributed by atoms with E-state index in [9.17, 15) is 9.90 Å².